The van der Waals surface area contributed by atoms with E-state index in [1.807, 2.05) is 24.3 Å². The van der Waals surface area contributed by atoms with Crippen molar-refractivity contribution in [2.24, 2.45) is 29.4 Å². The number of rotatable bonds is 4. The Labute approximate surface area is 236 Å². The number of morpholine rings is 1. The van der Waals surface area contributed by atoms with Crippen molar-refractivity contribution in [2.45, 2.75) is 31.0 Å². The normalized spacial score (nSPS) is 32.1. The van der Waals surface area contributed by atoms with Gasteiger partial charge in [-0.2, -0.15) is 0 Å². The minimum Gasteiger partial charge on any atom is -0.507 e. The SMILES string of the molecule is CN(C)[C@@H]1C(=O)C(C(N)=O)C(=O)[C@@]2(O)C(=O)C3C(=O)c4c(cc5ccc(CN6CCOCC6)cc5c4O)C[C@H]3C[C@@H]12. The number of amides is 1. The van der Waals surface area contributed by atoms with Crippen molar-refractivity contribution in [3.63, 3.8) is 0 Å². The van der Waals surface area contributed by atoms with Gasteiger partial charge in [-0.15, -0.1) is 0 Å². The first-order valence-electron chi connectivity index (χ1n) is 13.9. The van der Waals surface area contributed by atoms with Crippen molar-refractivity contribution < 1.29 is 38.9 Å². The van der Waals surface area contributed by atoms with Crippen LogP contribution in [-0.4, -0.2) is 101 Å². The Balaban J connectivity index is 1.41. The number of carbonyl (C=O) groups excluding carboxylic acids is 5. The van der Waals surface area contributed by atoms with Gasteiger partial charge in [0, 0.05) is 30.9 Å². The summed E-state index contributed by atoms with van der Waals surface area (Å²) in [6, 6.07) is 6.44. The maximum absolute atomic E-state index is 14.0. The third-order valence-corrected chi connectivity index (χ3v) is 9.44. The third kappa shape index (κ3) is 4.05. The molecule has 2 unspecified atom stereocenters. The Morgan fingerprint density at radius 1 is 1.12 bits per heavy atom. The summed E-state index contributed by atoms with van der Waals surface area (Å²) in [7, 11) is 3.12. The molecule has 3 aliphatic carbocycles. The standard InChI is InChI=1S/C30H33N3O8/c1-32(2)23-19-12-17-11-16-10-15-4-3-14(13-33-5-7-41-8-6-33)9-18(15)24(34)20(16)25(35)21(17)27(37)30(19,40)28(38)22(26(23)36)29(31)39/h3-4,9-10,17,19,21-23,34,40H,5-8,11-13H2,1-2H3,(H2,31,39)/t17-,19-,21?,22?,23-,30-/m0/s1. The molecule has 0 bridgehead atoms. The summed E-state index contributed by atoms with van der Waals surface area (Å²) >= 11 is 0. The van der Waals surface area contributed by atoms with E-state index in [2.05, 4.69) is 4.90 Å². The smallest absolute Gasteiger partial charge is 0.235 e. The molecule has 6 rings (SSSR count). The molecular weight excluding hydrogens is 530 g/mol. The number of carbonyl (C=O) groups is 5. The zero-order valence-electron chi connectivity index (χ0n) is 23.0. The van der Waals surface area contributed by atoms with Crippen molar-refractivity contribution in [1.29, 1.82) is 0 Å². The molecule has 1 saturated heterocycles. The summed E-state index contributed by atoms with van der Waals surface area (Å²) in [6.07, 6.45) is 0.270. The van der Waals surface area contributed by atoms with Gasteiger partial charge in [0.25, 0.3) is 0 Å². The molecule has 11 nitrogen and oxygen atoms in total. The maximum atomic E-state index is 14.0. The summed E-state index contributed by atoms with van der Waals surface area (Å²) < 4.78 is 5.41. The lowest BCUT2D eigenvalue weighted by molar-refractivity contribution is -0.181. The van der Waals surface area contributed by atoms with Crippen LogP contribution in [0, 0.1) is 23.7 Å². The molecule has 4 aliphatic rings. The lowest BCUT2D eigenvalue weighted by Gasteiger charge is -2.52. The van der Waals surface area contributed by atoms with Crippen LogP contribution < -0.4 is 5.73 Å². The Morgan fingerprint density at radius 3 is 2.49 bits per heavy atom. The Morgan fingerprint density at radius 2 is 1.83 bits per heavy atom. The van der Waals surface area contributed by atoms with Crippen LogP contribution >= 0.6 is 0 Å². The number of fused-ring (bicyclic) bond motifs is 4. The predicted octanol–water partition coefficient (Wildman–Crippen LogP) is -0.148. The monoisotopic (exact) mass is 563 g/mol. The molecule has 11 heteroatoms. The van der Waals surface area contributed by atoms with E-state index in [1.54, 1.807) is 14.1 Å². The molecule has 0 radical (unpaired) electrons. The number of nitrogens with two attached hydrogens (primary N) is 1. The van der Waals surface area contributed by atoms with E-state index in [-0.39, 0.29) is 24.2 Å². The Hall–Kier alpha value is -3.51. The number of aromatic hydroxyl groups is 1. The molecule has 2 saturated carbocycles. The molecular formula is C30H33N3O8. The van der Waals surface area contributed by atoms with Crippen LogP contribution in [0.3, 0.4) is 0 Å². The molecule has 0 aromatic heterocycles. The van der Waals surface area contributed by atoms with Crippen molar-refractivity contribution >= 4 is 39.8 Å². The fraction of sp³-hybridized carbons (Fsp3) is 0.500. The van der Waals surface area contributed by atoms with E-state index >= 15 is 0 Å². The number of likely N-dealkylation sites (N-methyl/N-ethyl adjacent to an activating group) is 1. The highest BCUT2D eigenvalue weighted by molar-refractivity contribution is 6.32. The van der Waals surface area contributed by atoms with Gasteiger partial charge in [0.2, 0.25) is 5.91 Å². The van der Waals surface area contributed by atoms with E-state index in [0.717, 1.165) is 24.0 Å². The lowest BCUT2D eigenvalue weighted by atomic mass is 9.52. The lowest BCUT2D eigenvalue weighted by Crippen LogP contribution is -2.74. The quantitative estimate of drug-likeness (QED) is 0.426. The summed E-state index contributed by atoms with van der Waals surface area (Å²) in [5.74, 6) is -10.4. The van der Waals surface area contributed by atoms with Gasteiger partial charge in [-0.25, -0.2) is 0 Å². The highest BCUT2D eigenvalue weighted by atomic mass is 16.5. The van der Waals surface area contributed by atoms with Crippen molar-refractivity contribution in [3.05, 3.63) is 41.0 Å². The number of aliphatic hydroxyl groups is 1. The second-order valence-electron chi connectivity index (χ2n) is 12.0. The number of ether oxygens (including phenoxy) is 1. The summed E-state index contributed by atoms with van der Waals surface area (Å²) in [4.78, 5) is 70.4. The molecule has 2 aromatic carbocycles. The van der Waals surface area contributed by atoms with Gasteiger partial charge < -0.3 is 20.7 Å². The number of phenolic OH excluding ortho intramolecular Hbond substituents is 1. The first-order chi connectivity index (χ1) is 19.4. The fourth-order valence-electron chi connectivity index (χ4n) is 7.54. The number of Topliss-reactive ketones (excluding diaryl/α,β-unsaturated/α-hetero) is 4. The van der Waals surface area contributed by atoms with Crippen LogP contribution in [0.4, 0.5) is 0 Å². The number of nitrogens with zero attached hydrogens (tertiary/aromatic N) is 2. The van der Waals surface area contributed by atoms with E-state index in [4.69, 9.17) is 10.5 Å². The summed E-state index contributed by atoms with van der Waals surface area (Å²) in [5, 5.41) is 24.3. The minimum absolute atomic E-state index is 0.00705. The number of primary amides is 1. The molecule has 6 atom stereocenters. The molecule has 41 heavy (non-hydrogen) atoms. The zero-order valence-corrected chi connectivity index (χ0v) is 23.0. The van der Waals surface area contributed by atoms with Gasteiger partial charge in [-0.05, 0) is 55.4 Å². The van der Waals surface area contributed by atoms with Gasteiger partial charge in [0.15, 0.2) is 34.7 Å². The van der Waals surface area contributed by atoms with Crippen LogP contribution in [0.5, 0.6) is 5.75 Å². The molecule has 3 fully saturated rings. The van der Waals surface area contributed by atoms with Crippen molar-refractivity contribution in [2.75, 3.05) is 40.4 Å². The minimum atomic E-state index is -2.73. The second kappa shape index (κ2) is 9.80. The maximum Gasteiger partial charge on any atom is 0.235 e. The van der Waals surface area contributed by atoms with Gasteiger partial charge in [-0.1, -0.05) is 18.2 Å². The highest BCUT2D eigenvalue weighted by Crippen LogP contribution is 2.51. The van der Waals surface area contributed by atoms with Crippen LogP contribution in [-0.2, 0) is 36.9 Å². The first-order valence-corrected chi connectivity index (χ1v) is 13.9. The number of hydrogen-bond donors (Lipinski definition) is 3. The highest BCUT2D eigenvalue weighted by Gasteiger charge is 2.69. The van der Waals surface area contributed by atoms with Crippen molar-refractivity contribution in [3.8, 4) is 5.75 Å². The zero-order chi connectivity index (χ0) is 29.4. The Kier molecular flexibility index (Phi) is 6.61. The van der Waals surface area contributed by atoms with E-state index < -0.39 is 64.4 Å². The largest absolute Gasteiger partial charge is 0.507 e. The van der Waals surface area contributed by atoms with Gasteiger partial charge >= 0.3 is 0 Å². The third-order valence-electron chi connectivity index (χ3n) is 9.44. The van der Waals surface area contributed by atoms with Gasteiger partial charge in [0.1, 0.15) is 5.75 Å². The fourth-order valence-corrected chi connectivity index (χ4v) is 7.54. The molecule has 1 heterocycles. The topological polar surface area (TPSA) is 168 Å². The molecule has 1 amide bonds. The number of phenols is 1. The summed E-state index contributed by atoms with van der Waals surface area (Å²) in [6.45, 7) is 3.53. The molecule has 0 spiro atoms. The summed E-state index contributed by atoms with van der Waals surface area (Å²) in [5.41, 5.74) is 4.18. The molecule has 1 aliphatic heterocycles. The van der Waals surface area contributed by atoms with Crippen LogP contribution in [0.25, 0.3) is 10.8 Å². The number of benzene rings is 2. The van der Waals surface area contributed by atoms with E-state index in [9.17, 15) is 34.2 Å². The van der Waals surface area contributed by atoms with Gasteiger partial charge in [-0.3, -0.25) is 33.8 Å². The number of hydrogen-bond acceptors (Lipinski definition) is 10. The van der Waals surface area contributed by atoms with Crippen molar-refractivity contribution in [1.82, 2.24) is 9.80 Å². The van der Waals surface area contributed by atoms with Crippen LogP contribution in [0.15, 0.2) is 24.3 Å². The molecule has 2 aromatic rings. The van der Waals surface area contributed by atoms with Crippen LogP contribution in [0.1, 0.15) is 27.9 Å². The predicted molar refractivity (Wildman–Crippen MR) is 145 cm³/mol. The van der Waals surface area contributed by atoms with E-state index in [0.29, 0.717) is 30.7 Å². The average Bonchev–Trinajstić information content (AvgIpc) is 2.91. The van der Waals surface area contributed by atoms with E-state index in [1.165, 1.54) is 4.90 Å². The Bertz CT molecular complexity index is 1510. The molecule has 216 valence electrons. The first kappa shape index (κ1) is 27.6. The number of ketones is 4. The average molecular weight is 564 g/mol. The van der Waals surface area contributed by atoms with Gasteiger partial charge in [0.05, 0.1) is 30.7 Å². The second-order valence-corrected chi connectivity index (χ2v) is 12.0. The molecule has 4 N–H and O–H groups in total. The van der Waals surface area contributed by atoms with Crippen LogP contribution in [0.2, 0.25) is 0 Å².